The number of nitrogens with one attached hydrogen (secondary N) is 2. The van der Waals surface area contributed by atoms with E-state index in [2.05, 4.69) is 22.6 Å². The Kier molecular flexibility index (Phi) is 5.60. The predicted molar refractivity (Wildman–Crippen MR) is 83.5 cm³/mol. The fraction of sp³-hybridized carbons (Fsp3) is 0.625. The number of carbonyl (C=O) groups is 2. The number of furan rings is 1. The number of hydrogen-bond donors (Lipinski definition) is 2. The van der Waals surface area contributed by atoms with E-state index in [4.69, 9.17) is 4.42 Å². The summed E-state index contributed by atoms with van der Waals surface area (Å²) < 4.78 is 5.07. The summed E-state index contributed by atoms with van der Waals surface area (Å²) in [5.74, 6) is -0.255. The molecule has 2 heterocycles. The lowest BCUT2D eigenvalue weighted by molar-refractivity contribution is -0.125. The average molecular weight is 307 g/mol. The molecular formula is C16H25N3O3. The van der Waals surface area contributed by atoms with Crippen LogP contribution < -0.4 is 10.6 Å². The number of rotatable bonds is 5. The fourth-order valence-electron chi connectivity index (χ4n) is 2.60. The Hall–Kier alpha value is -1.82. The Morgan fingerprint density at radius 3 is 2.55 bits per heavy atom. The molecule has 0 bridgehead atoms. The zero-order valence-electron chi connectivity index (χ0n) is 13.5. The second-order valence-corrected chi connectivity index (χ2v) is 6.26. The number of piperidine rings is 1. The molecule has 0 aliphatic carbocycles. The number of hydrogen-bond acceptors (Lipinski definition) is 4. The second kappa shape index (κ2) is 7.45. The zero-order valence-corrected chi connectivity index (χ0v) is 13.5. The number of carbonyl (C=O) groups excluding carboxylic acids is 2. The van der Waals surface area contributed by atoms with Crippen LogP contribution in [0.2, 0.25) is 0 Å². The van der Waals surface area contributed by atoms with Gasteiger partial charge in [-0.25, -0.2) is 0 Å². The summed E-state index contributed by atoms with van der Waals surface area (Å²) in [4.78, 5) is 26.8. The van der Waals surface area contributed by atoms with E-state index >= 15 is 0 Å². The fourth-order valence-corrected chi connectivity index (χ4v) is 2.60. The van der Waals surface area contributed by atoms with Gasteiger partial charge in [0.05, 0.1) is 6.26 Å². The van der Waals surface area contributed by atoms with Gasteiger partial charge >= 0.3 is 0 Å². The lowest BCUT2D eigenvalue weighted by atomic mass is 10.0. The highest BCUT2D eigenvalue weighted by Crippen LogP contribution is 2.11. The van der Waals surface area contributed by atoms with E-state index in [9.17, 15) is 9.59 Å². The lowest BCUT2D eigenvalue weighted by Gasteiger charge is -2.31. The molecule has 2 amide bonds. The summed E-state index contributed by atoms with van der Waals surface area (Å²) in [6.07, 6.45) is 3.33. The molecule has 1 atom stereocenters. The molecule has 1 aromatic rings. The van der Waals surface area contributed by atoms with Crippen LogP contribution in [0.25, 0.3) is 0 Å². The SMILES string of the molecule is CC(C)C(NC(=O)c1ccco1)C(=O)NC1CCN(C)CC1. The summed E-state index contributed by atoms with van der Waals surface area (Å²) in [6.45, 7) is 5.80. The van der Waals surface area contributed by atoms with Gasteiger partial charge in [-0.2, -0.15) is 0 Å². The molecule has 1 aromatic heterocycles. The summed E-state index contributed by atoms with van der Waals surface area (Å²) in [5.41, 5.74) is 0. The third kappa shape index (κ3) is 4.34. The monoisotopic (exact) mass is 307 g/mol. The van der Waals surface area contributed by atoms with Gasteiger partial charge in [0, 0.05) is 6.04 Å². The Morgan fingerprint density at radius 2 is 2.00 bits per heavy atom. The van der Waals surface area contributed by atoms with Crippen LogP contribution in [0.15, 0.2) is 22.8 Å². The van der Waals surface area contributed by atoms with Gasteiger partial charge in [-0.3, -0.25) is 9.59 Å². The first-order valence-electron chi connectivity index (χ1n) is 7.80. The van der Waals surface area contributed by atoms with Crippen LogP contribution in [0, 0.1) is 5.92 Å². The molecule has 1 aliphatic rings. The summed E-state index contributed by atoms with van der Waals surface area (Å²) in [7, 11) is 2.08. The maximum absolute atomic E-state index is 12.5. The van der Waals surface area contributed by atoms with Crippen LogP contribution in [0.5, 0.6) is 0 Å². The van der Waals surface area contributed by atoms with Crippen LogP contribution in [0.1, 0.15) is 37.2 Å². The normalized spacial score (nSPS) is 18.2. The first kappa shape index (κ1) is 16.5. The van der Waals surface area contributed by atoms with Crippen LogP contribution in [-0.2, 0) is 4.79 Å². The highest BCUT2D eigenvalue weighted by Gasteiger charge is 2.28. The van der Waals surface area contributed by atoms with Crippen LogP contribution in [0.3, 0.4) is 0 Å². The van der Waals surface area contributed by atoms with E-state index < -0.39 is 6.04 Å². The largest absolute Gasteiger partial charge is 0.459 e. The molecular weight excluding hydrogens is 282 g/mol. The van der Waals surface area contributed by atoms with Crippen LogP contribution in [0.4, 0.5) is 0 Å². The van der Waals surface area contributed by atoms with Gasteiger partial charge in [-0.15, -0.1) is 0 Å². The van der Waals surface area contributed by atoms with Gasteiger partial charge in [0.2, 0.25) is 5.91 Å². The highest BCUT2D eigenvalue weighted by molar-refractivity contribution is 5.95. The van der Waals surface area contributed by atoms with E-state index in [1.807, 2.05) is 13.8 Å². The maximum atomic E-state index is 12.5. The predicted octanol–water partition coefficient (Wildman–Crippen LogP) is 1.24. The smallest absolute Gasteiger partial charge is 0.287 e. The molecule has 1 fully saturated rings. The Bertz CT molecular complexity index is 491. The van der Waals surface area contributed by atoms with Crippen molar-refractivity contribution in [3.05, 3.63) is 24.2 Å². The van der Waals surface area contributed by atoms with E-state index in [1.54, 1.807) is 12.1 Å². The molecule has 6 nitrogen and oxygen atoms in total. The molecule has 22 heavy (non-hydrogen) atoms. The Morgan fingerprint density at radius 1 is 1.32 bits per heavy atom. The van der Waals surface area contributed by atoms with E-state index in [-0.39, 0.29) is 29.5 Å². The van der Waals surface area contributed by atoms with Crippen molar-refractivity contribution in [3.8, 4) is 0 Å². The molecule has 0 radical (unpaired) electrons. The molecule has 1 saturated heterocycles. The van der Waals surface area contributed by atoms with E-state index in [1.165, 1.54) is 6.26 Å². The van der Waals surface area contributed by atoms with Crippen molar-refractivity contribution >= 4 is 11.8 Å². The molecule has 0 aromatic carbocycles. The molecule has 122 valence electrons. The minimum Gasteiger partial charge on any atom is -0.459 e. The van der Waals surface area contributed by atoms with Crippen molar-refractivity contribution in [3.63, 3.8) is 0 Å². The van der Waals surface area contributed by atoms with Crippen molar-refractivity contribution in [2.45, 2.75) is 38.8 Å². The standard InChI is InChI=1S/C16H25N3O3/c1-11(2)14(18-15(20)13-5-4-10-22-13)16(21)17-12-6-8-19(3)9-7-12/h4-5,10-12,14H,6-9H2,1-3H3,(H,17,21)(H,18,20). The van der Waals surface area contributed by atoms with Crippen molar-refractivity contribution in [1.29, 1.82) is 0 Å². The number of amides is 2. The molecule has 2 N–H and O–H groups in total. The van der Waals surface area contributed by atoms with Crippen molar-refractivity contribution in [2.75, 3.05) is 20.1 Å². The highest BCUT2D eigenvalue weighted by atomic mass is 16.3. The molecule has 0 spiro atoms. The first-order valence-corrected chi connectivity index (χ1v) is 7.80. The van der Waals surface area contributed by atoms with Gasteiger partial charge in [0.25, 0.3) is 5.91 Å². The van der Waals surface area contributed by atoms with Crippen LogP contribution >= 0.6 is 0 Å². The van der Waals surface area contributed by atoms with Crippen molar-refractivity contribution in [2.24, 2.45) is 5.92 Å². The van der Waals surface area contributed by atoms with Gasteiger partial charge in [-0.05, 0) is 51.0 Å². The van der Waals surface area contributed by atoms with Crippen molar-refractivity contribution < 1.29 is 14.0 Å². The second-order valence-electron chi connectivity index (χ2n) is 6.26. The lowest BCUT2D eigenvalue weighted by Crippen LogP contribution is -2.53. The van der Waals surface area contributed by atoms with Gasteiger partial charge in [-0.1, -0.05) is 13.8 Å². The van der Waals surface area contributed by atoms with Gasteiger partial charge < -0.3 is 20.0 Å². The van der Waals surface area contributed by atoms with Crippen LogP contribution in [-0.4, -0.2) is 48.9 Å². The average Bonchev–Trinajstić information content (AvgIpc) is 3.00. The molecule has 6 heteroatoms. The summed E-state index contributed by atoms with van der Waals surface area (Å²) >= 11 is 0. The van der Waals surface area contributed by atoms with E-state index in [0.29, 0.717) is 0 Å². The Labute approximate surface area is 131 Å². The first-order chi connectivity index (χ1) is 10.5. The summed E-state index contributed by atoms with van der Waals surface area (Å²) in [6, 6.07) is 2.86. The molecule has 0 saturated carbocycles. The topological polar surface area (TPSA) is 74.6 Å². The van der Waals surface area contributed by atoms with Gasteiger partial charge in [0.15, 0.2) is 5.76 Å². The Balaban J connectivity index is 1.92. The van der Waals surface area contributed by atoms with Gasteiger partial charge in [0.1, 0.15) is 6.04 Å². The third-order valence-electron chi connectivity index (χ3n) is 4.05. The summed E-state index contributed by atoms with van der Waals surface area (Å²) in [5, 5.41) is 5.82. The minimum absolute atomic E-state index is 0.00479. The molecule has 1 aliphatic heterocycles. The minimum atomic E-state index is -0.558. The zero-order chi connectivity index (χ0) is 16.1. The maximum Gasteiger partial charge on any atom is 0.287 e. The molecule has 1 unspecified atom stereocenters. The third-order valence-corrected chi connectivity index (χ3v) is 4.05. The quantitative estimate of drug-likeness (QED) is 0.858. The van der Waals surface area contributed by atoms with E-state index in [0.717, 1.165) is 25.9 Å². The number of likely N-dealkylation sites (tertiary alicyclic amines) is 1. The molecule has 2 rings (SSSR count). The number of nitrogens with zero attached hydrogens (tertiary/aromatic N) is 1. The van der Waals surface area contributed by atoms with Crippen molar-refractivity contribution in [1.82, 2.24) is 15.5 Å².